The maximum absolute atomic E-state index is 12.4. The second kappa shape index (κ2) is 9.28. The zero-order chi connectivity index (χ0) is 20.1. The van der Waals surface area contributed by atoms with Crippen LogP contribution in [0.25, 0.3) is 0 Å². The number of hydrogen-bond acceptors (Lipinski definition) is 3. The molecule has 0 unspecified atom stereocenters. The molecular formula is C22H17Cl2NO2S. The number of carbonyl (C=O) groups is 2. The molecule has 0 saturated carbocycles. The highest BCUT2D eigenvalue weighted by Gasteiger charge is 2.12. The van der Waals surface area contributed by atoms with Crippen LogP contribution < -0.4 is 5.32 Å². The Balaban J connectivity index is 1.63. The molecule has 0 bridgehead atoms. The summed E-state index contributed by atoms with van der Waals surface area (Å²) >= 11 is 13.3. The van der Waals surface area contributed by atoms with Crippen LogP contribution in [0.2, 0.25) is 10.0 Å². The van der Waals surface area contributed by atoms with E-state index in [-0.39, 0.29) is 17.4 Å². The average molecular weight is 430 g/mol. The van der Waals surface area contributed by atoms with E-state index in [4.69, 9.17) is 23.2 Å². The summed E-state index contributed by atoms with van der Waals surface area (Å²) in [6, 6.07) is 19.6. The van der Waals surface area contributed by atoms with Crippen molar-refractivity contribution < 1.29 is 9.59 Å². The highest BCUT2D eigenvalue weighted by Crippen LogP contribution is 2.26. The topological polar surface area (TPSA) is 46.2 Å². The molecule has 0 radical (unpaired) electrons. The molecule has 28 heavy (non-hydrogen) atoms. The highest BCUT2D eigenvalue weighted by atomic mass is 35.5. The van der Waals surface area contributed by atoms with Gasteiger partial charge in [-0.25, -0.2) is 0 Å². The third kappa shape index (κ3) is 5.38. The van der Waals surface area contributed by atoms with Crippen LogP contribution in [-0.4, -0.2) is 17.4 Å². The lowest BCUT2D eigenvalue weighted by atomic mass is 10.1. The fraction of sp³-hybridized carbons (Fsp3) is 0.0909. The second-order valence-electron chi connectivity index (χ2n) is 6.18. The predicted molar refractivity (Wildman–Crippen MR) is 117 cm³/mol. The summed E-state index contributed by atoms with van der Waals surface area (Å²) in [6.45, 7) is 1.97. The molecule has 0 atom stereocenters. The predicted octanol–water partition coefficient (Wildman–Crippen LogP) is 6.53. The van der Waals surface area contributed by atoms with E-state index in [2.05, 4.69) is 5.32 Å². The molecule has 6 heteroatoms. The molecule has 0 saturated heterocycles. The minimum Gasteiger partial charge on any atom is -0.322 e. The van der Waals surface area contributed by atoms with E-state index in [9.17, 15) is 9.59 Å². The molecule has 1 N–H and O–H groups in total. The fourth-order valence-electron chi connectivity index (χ4n) is 2.51. The SMILES string of the molecule is Cc1ccc(C(=O)Nc2cccc(SCC(=O)c3ccc(Cl)cc3Cl)c2)cc1. The first kappa shape index (κ1) is 20.5. The maximum atomic E-state index is 12.4. The Kier molecular flexibility index (Phi) is 6.79. The van der Waals surface area contributed by atoms with Crippen molar-refractivity contribution in [2.75, 3.05) is 11.1 Å². The van der Waals surface area contributed by atoms with Crippen molar-refractivity contribution in [3.63, 3.8) is 0 Å². The lowest BCUT2D eigenvalue weighted by Gasteiger charge is -2.08. The van der Waals surface area contributed by atoms with Gasteiger partial charge in [-0.05, 0) is 55.5 Å². The van der Waals surface area contributed by atoms with Crippen molar-refractivity contribution >= 4 is 52.3 Å². The number of rotatable bonds is 6. The van der Waals surface area contributed by atoms with E-state index >= 15 is 0 Å². The Labute approximate surface area is 178 Å². The van der Waals surface area contributed by atoms with Gasteiger partial charge in [-0.1, -0.05) is 47.0 Å². The molecule has 3 rings (SSSR count). The van der Waals surface area contributed by atoms with Crippen molar-refractivity contribution in [1.29, 1.82) is 0 Å². The molecule has 0 aliphatic carbocycles. The van der Waals surface area contributed by atoms with Crippen LogP contribution in [-0.2, 0) is 0 Å². The van der Waals surface area contributed by atoms with Gasteiger partial charge in [0.25, 0.3) is 5.91 Å². The number of Topliss-reactive ketones (excluding diaryl/α,β-unsaturated/α-hetero) is 1. The van der Waals surface area contributed by atoms with Crippen LogP contribution in [0.3, 0.4) is 0 Å². The summed E-state index contributed by atoms with van der Waals surface area (Å²) in [5.41, 5.74) is 2.81. The summed E-state index contributed by atoms with van der Waals surface area (Å²) in [4.78, 5) is 25.6. The van der Waals surface area contributed by atoms with Gasteiger partial charge in [0, 0.05) is 26.7 Å². The van der Waals surface area contributed by atoms with Gasteiger partial charge >= 0.3 is 0 Å². The van der Waals surface area contributed by atoms with Crippen molar-refractivity contribution in [3.05, 3.63) is 93.5 Å². The van der Waals surface area contributed by atoms with E-state index in [0.29, 0.717) is 26.9 Å². The molecule has 3 aromatic rings. The number of hydrogen-bond donors (Lipinski definition) is 1. The standard InChI is InChI=1S/C22H17Cl2NO2S/c1-14-5-7-15(8-6-14)22(27)25-17-3-2-4-18(12-17)28-13-21(26)19-10-9-16(23)11-20(19)24/h2-12H,13H2,1H3,(H,25,27). The number of anilines is 1. The van der Waals surface area contributed by atoms with Crippen LogP contribution in [0, 0.1) is 6.92 Å². The summed E-state index contributed by atoms with van der Waals surface area (Å²) in [7, 11) is 0. The molecule has 0 aliphatic heterocycles. The Morgan fingerprint density at radius 3 is 2.43 bits per heavy atom. The zero-order valence-corrected chi connectivity index (χ0v) is 17.4. The molecule has 0 heterocycles. The third-order valence-electron chi connectivity index (χ3n) is 4.01. The minimum absolute atomic E-state index is 0.0826. The number of halogens is 2. The third-order valence-corrected chi connectivity index (χ3v) is 5.55. The van der Waals surface area contributed by atoms with Gasteiger partial charge < -0.3 is 5.32 Å². The van der Waals surface area contributed by atoms with Crippen molar-refractivity contribution in [2.24, 2.45) is 0 Å². The molecule has 0 fully saturated rings. The van der Waals surface area contributed by atoms with Gasteiger partial charge in [-0.2, -0.15) is 0 Å². The number of ketones is 1. The number of thioether (sulfide) groups is 1. The molecule has 0 aromatic heterocycles. The average Bonchev–Trinajstić information content (AvgIpc) is 2.67. The molecule has 0 spiro atoms. The lowest BCUT2D eigenvalue weighted by Crippen LogP contribution is -2.11. The Morgan fingerprint density at radius 1 is 0.964 bits per heavy atom. The quantitative estimate of drug-likeness (QED) is 0.357. The Hall–Kier alpha value is -2.27. The van der Waals surface area contributed by atoms with E-state index in [1.165, 1.54) is 11.8 Å². The van der Waals surface area contributed by atoms with Crippen LogP contribution >= 0.6 is 35.0 Å². The second-order valence-corrected chi connectivity index (χ2v) is 8.08. The number of nitrogens with one attached hydrogen (secondary N) is 1. The van der Waals surface area contributed by atoms with E-state index < -0.39 is 0 Å². The van der Waals surface area contributed by atoms with Crippen molar-refractivity contribution in [3.8, 4) is 0 Å². The van der Waals surface area contributed by atoms with Gasteiger partial charge in [0.05, 0.1) is 10.8 Å². The first-order valence-electron chi connectivity index (χ1n) is 8.51. The first-order chi connectivity index (χ1) is 13.4. The Morgan fingerprint density at radius 2 is 1.71 bits per heavy atom. The Bertz CT molecular complexity index is 1020. The van der Waals surface area contributed by atoms with E-state index in [1.807, 2.05) is 43.3 Å². The normalized spacial score (nSPS) is 10.5. The monoisotopic (exact) mass is 429 g/mol. The van der Waals surface area contributed by atoms with Gasteiger partial charge in [-0.15, -0.1) is 11.8 Å². The summed E-state index contributed by atoms with van der Waals surface area (Å²) in [5, 5.41) is 3.72. The van der Waals surface area contributed by atoms with Crippen LogP contribution in [0.1, 0.15) is 26.3 Å². The highest BCUT2D eigenvalue weighted by molar-refractivity contribution is 8.00. The number of carbonyl (C=O) groups excluding carboxylic acids is 2. The molecule has 1 amide bonds. The first-order valence-corrected chi connectivity index (χ1v) is 10.3. The largest absolute Gasteiger partial charge is 0.322 e. The lowest BCUT2D eigenvalue weighted by molar-refractivity contribution is 0.101. The smallest absolute Gasteiger partial charge is 0.255 e. The summed E-state index contributed by atoms with van der Waals surface area (Å²) in [5.74, 6) is -0.0246. The molecule has 3 aromatic carbocycles. The van der Waals surface area contributed by atoms with Gasteiger partial charge in [0.15, 0.2) is 5.78 Å². The number of amides is 1. The molecule has 0 aliphatic rings. The molecule has 3 nitrogen and oxygen atoms in total. The molecule has 142 valence electrons. The van der Waals surface area contributed by atoms with Crippen LogP contribution in [0.5, 0.6) is 0 Å². The number of aryl methyl sites for hydroxylation is 1. The maximum Gasteiger partial charge on any atom is 0.255 e. The number of benzene rings is 3. The summed E-state index contributed by atoms with van der Waals surface area (Å²) < 4.78 is 0. The fourth-order valence-corrected chi connectivity index (χ4v) is 3.87. The zero-order valence-electron chi connectivity index (χ0n) is 15.0. The van der Waals surface area contributed by atoms with Crippen molar-refractivity contribution in [2.45, 2.75) is 11.8 Å². The van der Waals surface area contributed by atoms with E-state index in [0.717, 1.165) is 10.5 Å². The molecular weight excluding hydrogens is 413 g/mol. The van der Waals surface area contributed by atoms with Crippen LogP contribution in [0.15, 0.2) is 71.6 Å². The van der Waals surface area contributed by atoms with Crippen LogP contribution in [0.4, 0.5) is 5.69 Å². The van der Waals surface area contributed by atoms with E-state index in [1.54, 1.807) is 30.3 Å². The minimum atomic E-state index is -0.175. The van der Waals surface area contributed by atoms with Gasteiger partial charge in [0.1, 0.15) is 0 Å². The van der Waals surface area contributed by atoms with Crippen molar-refractivity contribution in [1.82, 2.24) is 0 Å². The van der Waals surface area contributed by atoms with Gasteiger partial charge in [-0.3, -0.25) is 9.59 Å². The van der Waals surface area contributed by atoms with Gasteiger partial charge in [0.2, 0.25) is 0 Å². The summed E-state index contributed by atoms with van der Waals surface area (Å²) in [6.07, 6.45) is 0.